The molecule has 2 rings (SSSR count). The van der Waals surface area contributed by atoms with Crippen LogP contribution in [0.5, 0.6) is 5.75 Å². The Morgan fingerprint density at radius 1 is 1.09 bits per heavy atom. The van der Waals surface area contributed by atoms with Gasteiger partial charge >= 0.3 is 0 Å². The van der Waals surface area contributed by atoms with Gasteiger partial charge in [0, 0.05) is 5.92 Å². The molecule has 2 unspecified atom stereocenters. The van der Waals surface area contributed by atoms with Crippen LogP contribution in [-0.2, 0) is 6.61 Å². The zero-order valence-electron chi connectivity index (χ0n) is 14.4. The summed E-state index contributed by atoms with van der Waals surface area (Å²) in [6.07, 6.45) is 5.84. The molecule has 2 atom stereocenters. The highest BCUT2D eigenvalue weighted by atomic mass is 16.5. The van der Waals surface area contributed by atoms with E-state index in [9.17, 15) is 0 Å². The van der Waals surface area contributed by atoms with Gasteiger partial charge in [0.1, 0.15) is 12.4 Å². The molecule has 0 fully saturated rings. The van der Waals surface area contributed by atoms with Gasteiger partial charge in [0.2, 0.25) is 0 Å². The van der Waals surface area contributed by atoms with Gasteiger partial charge in [-0.15, -0.1) is 6.58 Å². The summed E-state index contributed by atoms with van der Waals surface area (Å²) in [6.45, 7) is 9.22. The number of benzene rings is 2. The summed E-state index contributed by atoms with van der Waals surface area (Å²) in [6, 6.07) is 18.7. The van der Waals surface area contributed by atoms with Crippen LogP contribution in [0.1, 0.15) is 50.2 Å². The average Bonchev–Trinajstić information content (AvgIpc) is 2.60. The van der Waals surface area contributed by atoms with Crippen molar-refractivity contribution in [3.63, 3.8) is 0 Å². The van der Waals surface area contributed by atoms with Crippen molar-refractivity contribution in [1.82, 2.24) is 0 Å². The maximum absolute atomic E-state index is 5.95. The quantitative estimate of drug-likeness (QED) is 0.490. The molecule has 0 amide bonds. The van der Waals surface area contributed by atoms with Gasteiger partial charge in [0.25, 0.3) is 0 Å². The Labute approximate surface area is 141 Å². The highest BCUT2D eigenvalue weighted by Gasteiger charge is 2.16. The lowest BCUT2D eigenvalue weighted by Gasteiger charge is -2.21. The maximum atomic E-state index is 5.95. The molecule has 0 bridgehead atoms. The van der Waals surface area contributed by atoms with Crippen molar-refractivity contribution in [3.05, 3.63) is 78.4 Å². The monoisotopic (exact) mass is 308 g/mol. The van der Waals surface area contributed by atoms with Crippen molar-refractivity contribution in [2.45, 2.75) is 45.6 Å². The molecule has 0 aliphatic rings. The molecule has 0 N–H and O–H groups in total. The van der Waals surface area contributed by atoms with E-state index in [1.54, 1.807) is 0 Å². The summed E-state index contributed by atoms with van der Waals surface area (Å²) < 4.78 is 5.95. The lowest BCUT2D eigenvalue weighted by molar-refractivity contribution is 0.305. The van der Waals surface area contributed by atoms with Crippen molar-refractivity contribution in [2.24, 2.45) is 5.92 Å². The Morgan fingerprint density at radius 2 is 1.87 bits per heavy atom. The van der Waals surface area contributed by atoms with Crippen LogP contribution < -0.4 is 4.74 Å². The van der Waals surface area contributed by atoms with E-state index in [1.807, 2.05) is 24.3 Å². The molecule has 1 nitrogen and oxygen atoms in total. The molecule has 0 aliphatic carbocycles. The van der Waals surface area contributed by atoms with Crippen LogP contribution in [-0.4, -0.2) is 0 Å². The molecular formula is C22H28O. The molecule has 0 radical (unpaired) electrons. The second-order valence-electron chi connectivity index (χ2n) is 6.23. The number of allylic oxidation sites excluding steroid dienone is 1. The Balaban J connectivity index is 2.04. The van der Waals surface area contributed by atoms with Crippen LogP contribution in [0, 0.1) is 5.92 Å². The maximum Gasteiger partial charge on any atom is 0.120 e. The first-order chi connectivity index (χ1) is 11.2. The largest absolute Gasteiger partial charge is 0.489 e. The fraction of sp³-hybridized carbons (Fsp3) is 0.364. The van der Waals surface area contributed by atoms with E-state index in [0.717, 1.165) is 5.75 Å². The van der Waals surface area contributed by atoms with Crippen molar-refractivity contribution in [3.8, 4) is 5.75 Å². The van der Waals surface area contributed by atoms with E-state index in [1.165, 1.54) is 30.4 Å². The van der Waals surface area contributed by atoms with E-state index in [4.69, 9.17) is 4.74 Å². The number of rotatable bonds is 9. The molecule has 0 saturated heterocycles. The zero-order chi connectivity index (χ0) is 16.5. The SMILES string of the molecule is C=CC(c1cccc(OCc2ccccc2)c1)C(C)CCCC. The Kier molecular flexibility index (Phi) is 6.93. The first-order valence-electron chi connectivity index (χ1n) is 8.63. The first kappa shape index (κ1) is 17.3. The molecule has 0 aliphatic heterocycles. The van der Waals surface area contributed by atoms with Gasteiger partial charge in [-0.3, -0.25) is 0 Å². The first-order valence-corrected chi connectivity index (χ1v) is 8.63. The topological polar surface area (TPSA) is 9.23 Å². The molecular weight excluding hydrogens is 280 g/mol. The van der Waals surface area contributed by atoms with Gasteiger partial charge in [-0.25, -0.2) is 0 Å². The molecule has 122 valence electrons. The van der Waals surface area contributed by atoms with Crippen LogP contribution >= 0.6 is 0 Å². The van der Waals surface area contributed by atoms with Crippen molar-refractivity contribution < 1.29 is 4.74 Å². The van der Waals surface area contributed by atoms with Crippen LogP contribution in [0.4, 0.5) is 0 Å². The smallest absolute Gasteiger partial charge is 0.120 e. The summed E-state index contributed by atoms with van der Waals surface area (Å²) in [5.41, 5.74) is 2.49. The van der Waals surface area contributed by atoms with E-state index in [-0.39, 0.29) is 0 Å². The number of hydrogen-bond acceptors (Lipinski definition) is 1. The van der Waals surface area contributed by atoms with E-state index < -0.39 is 0 Å². The molecule has 1 heteroatoms. The van der Waals surface area contributed by atoms with Crippen LogP contribution in [0.15, 0.2) is 67.3 Å². The van der Waals surface area contributed by atoms with Gasteiger partial charge in [0.05, 0.1) is 0 Å². The number of hydrogen-bond donors (Lipinski definition) is 0. The Hall–Kier alpha value is -2.02. The van der Waals surface area contributed by atoms with Crippen LogP contribution in [0.2, 0.25) is 0 Å². The van der Waals surface area contributed by atoms with Gasteiger partial charge < -0.3 is 4.74 Å². The molecule has 0 heterocycles. The van der Waals surface area contributed by atoms with Gasteiger partial charge in [0.15, 0.2) is 0 Å². The minimum atomic E-state index is 0.391. The van der Waals surface area contributed by atoms with Gasteiger partial charge in [-0.2, -0.15) is 0 Å². The van der Waals surface area contributed by atoms with Crippen LogP contribution in [0.25, 0.3) is 0 Å². The normalized spacial score (nSPS) is 13.3. The molecule has 0 aromatic heterocycles. The Bertz CT molecular complexity index is 588. The summed E-state index contributed by atoms with van der Waals surface area (Å²) >= 11 is 0. The van der Waals surface area contributed by atoms with E-state index in [0.29, 0.717) is 18.4 Å². The zero-order valence-corrected chi connectivity index (χ0v) is 14.4. The molecule has 0 spiro atoms. The standard InChI is InChI=1S/C22H28O/c1-4-6-11-18(3)22(5-2)20-14-10-15-21(16-20)23-17-19-12-8-7-9-13-19/h5,7-10,12-16,18,22H,2,4,6,11,17H2,1,3H3. The summed E-state index contributed by atoms with van der Waals surface area (Å²) in [5, 5.41) is 0. The number of unbranched alkanes of at least 4 members (excludes halogenated alkanes) is 1. The van der Waals surface area contributed by atoms with E-state index >= 15 is 0 Å². The van der Waals surface area contributed by atoms with Crippen molar-refractivity contribution in [2.75, 3.05) is 0 Å². The average molecular weight is 308 g/mol. The predicted molar refractivity (Wildman–Crippen MR) is 98.8 cm³/mol. The fourth-order valence-corrected chi connectivity index (χ4v) is 2.96. The predicted octanol–water partition coefficient (Wildman–Crippen LogP) is 6.36. The van der Waals surface area contributed by atoms with E-state index in [2.05, 4.69) is 56.8 Å². The summed E-state index contributed by atoms with van der Waals surface area (Å²) in [4.78, 5) is 0. The third-order valence-corrected chi connectivity index (χ3v) is 4.37. The minimum absolute atomic E-state index is 0.391. The Morgan fingerprint density at radius 3 is 2.57 bits per heavy atom. The van der Waals surface area contributed by atoms with Gasteiger partial charge in [-0.05, 0) is 35.6 Å². The lowest BCUT2D eigenvalue weighted by Crippen LogP contribution is -2.08. The third kappa shape index (κ3) is 5.28. The molecule has 23 heavy (non-hydrogen) atoms. The molecule has 0 saturated carbocycles. The number of ether oxygens (including phenoxy) is 1. The third-order valence-electron chi connectivity index (χ3n) is 4.37. The highest BCUT2D eigenvalue weighted by Crippen LogP contribution is 2.31. The van der Waals surface area contributed by atoms with Crippen molar-refractivity contribution in [1.29, 1.82) is 0 Å². The van der Waals surface area contributed by atoms with Crippen molar-refractivity contribution >= 4 is 0 Å². The second kappa shape index (κ2) is 9.19. The molecule has 2 aromatic rings. The lowest BCUT2D eigenvalue weighted by atomic mass is 9.84. The second-order valence-corrected chi connectivity index (χ2v) is 6.23. The van der Waals surface area contributed by atoms with Gasteiger partial charge in [-0.1, -0.05) is 75.2 Å². The molecule has 2 aromatic carbocycles. The highest BCUT2D eigenvalue weighted by molar-refractivity contribution is 5.33. The minimum Gasteiger partial charge on any atom is -0.489 e. The summed E-state index contributed by atoms with van der Waals surface area (Å²) in [5.74, 6) is 1.93. The summed E-state index contributed by atoms with van der Waals surface area (Å²) in [7, 11) is 0. The fourth-order valence-electron chi connectivity index (χ4n) is 2.96. The van der Waals surface area contributed by atoms with Crippen LogP contribution in [0.3, 0.4) is 0 Å².